The number of nitro benzene ring substituents is 1. The molecule has 0 amide bonds. The van der Waals surface area contributed by atoms with Crippen LogP contribution in [0.25, 0.3) is 0 Å². The molecule has 0 heterocycles. The third-order valence-electron chi connectivity index (χ3n) is 3.87. The summed E-state index contributed by atoms with van der Waals surface area (Å²) in [7, 11) is 0. The van der Waals surface area contributed by atoms with Gasteiger partial charge in [0, 0.05) is 17.7 Å². The van der Waals surface area contributed by atoms with E-state index < -0.39 is 33.9 Å². The van der Waals surface area contributed by atoms with Crippen molar-refractivity contribution in [2.45, 2.75) is 52.8 Å². The van der Waals surface area contributed by atoms with Gasteiger partial charge in [-0.1, -0.05) is 32.4 Å². The predicted octanol–water partition coefficient (Wildman–Crippen LogP) is 6.92. The maximum absolute atomic E-state index is 12.6. The van der Waals surface area contributed by atoms with E-state index in [4.69, 9.17) is 27.2 Å². The van der Waals surface area contributed by atoms with Gasteiger partial charge in [-0.2, -0.15) is 13.2 Å². The lowest BCUT2D eigenvalue weighted by Crippen LogP contribution is -2.36. The first-order valence-corrected chi connectivity index (χ1v) is 10.0. The van der Waals surface area contributed by atoms with Crippen LogP contribution in [0.15, 0.2) is 36.4 Å². The Hall–Kier alpha value is -2.85. The second-order valence-corrected chi connectivity index (χ2v) is 9.62. The summed E-state index contributed by atoms with van der Waals surface area (Å²) in [4.78, 5) is 20.9. The van der Waals surface area contributed by atoms with Crippen LogP contribution in [-0.4, -0.2) is 21.5 Å². The molecular formula is C22H26ClF3N2O5. The van der Waals surface area contributed by atoms with Crippen LogP contribution in [0.5, 0.6) is 11.5 Å². The van der Waals surface area contributed by atoms with E-state index in [0.29, 0.717) is 11.5 Å². The van der Waals surface area contributed by atoms with Crippen LogP contribution in [0.2, 0.25) is 5.02 Å². The zero-order valence-electron chi connectivity index (χ0n) is 18.8. The lowest BCUT2D eigenvalue weighted by molar-refractivity contribution is -0.385. The lowest BCUT2D eigenvalue weighted by Gasteiger charge is -2.28. The second-order valence-electron chi connectivity index (χ2n) is 9.21. The summed E-state index contributed by atoms with van der Waals surface area (Å²) in [5, 5.41) is 19.4. The van der Waals surface area contributed by atoms with Crippen molar-refractivity contribution in [3.8, 4) is 11.5 Å². The van der Waals surface area contributed by atoms with Crippen molar-refractivity contribution < 1.29 is 32.7 Å². The van der Waals surface area contributed by atoms with E-state index in [1.54, 1.807) is 0 Å². The van der Waals surface area contributed by atoms with Crippen molar-refractivity contribution in [3.63, 3.8) is 0 Å². The van der Waals surface area contributed by atoms with Gasteiger partial charge in [0.25, 0.3) is 5.69 Å². The molecule has 0 aliphatic heterocycles. The third-order valence-corrected chi connectivity index (χ3v) is 4.16. The van der Waals surface area contributed by atoms with E-state index in [1.807, 2.05) is 0 Å². The number of halogens is 4. The molecule has 0 fully saturated rings. The minimum Gasteiger partial charge on any atom is -0.477 e. The Labute approximate surface area is 194 Å². The minimum absolute atomic E-state index is 0.0156. The Balaban J connectivity index is 0.000000513. The second kappa shape index (κ2) is 10.4. The molecule has 0 aliphatic carbocycles. The van der Waals surface area contributed by atoms with Crippen LogP contribution in [-0.2, 0) is 6.18 Å². The van der Waals surface area contributed by atoms with Crippen LogP contribution < -0.4 is 10.5 Å². The molecule has 7 nitrogen and oxygen atoms in total. The molecule has 0 saturated carbocycles. The van der Waals surface area contributed by atoms with Crippen molar-refractivity contribution in [1.29, 1.82) is 0 Å². The van der Waals surface area contributed by atoms with Gasteiger partial charge in [0.2, 0.25) is 0 Å². The topological polar surface area (TPSA) is 116 Å². The summed E-state index contributed by atoms with van der Waals surface area (Å²) < 4.78 is 42.9. The number of aromatic carboxylic acids is 1. The molecule has 2 rings (SSSR count). The van der Waals surface area contributed by atoms with Crippen LogP contribution in [0.4, 0.5) is 18.9 Å². The molecule has 0 bridgehead atoms. The van der Waals surface area contributed by atoms with Crippen molar-refractivity contribution in [2.75, 3.05) is 0 Å². The minimum atomic E-state index is -4.58. The molecule has 2 aromatic rings. The fourth-order valence-corrected chi connectivity index (χ4v) is 3.38. The average Bonchev–Trinajstić information content (AvgIpc) is 2.59. The molecule has 33 heavy (non-hydrogen) atoms. The van der Waals surface area contributed by atoms with E-state index in [0.717, 1.165) is 36.8 Å². The van der Waals surface area contributed by atoms with Crippen molar-refractivity contribution in [3.05, 3.63) is 62.7 Å². The SMILES string of the molecule is CC(C)(C)CC(C)(C)N.O=C(O)c1cc(Oc2ccc(C(F)(F)F)cc2Cl)ccc1[N+](=O)[O-]. The fourth-order valence-electron chi connectivity index (χ4n) is 3.16. The van der Waals surface area contributed by atoms with Gasteiger partial charge >= 0.3 is 12.1 Å². The highest BCUT2D eigenvalue weighted by Gasteiger charge is 2.31. The number of carboxylic acids is 1. The van der Waals surface area contributed by atoms with Gasteiger partial charge in [0.05, 0.1) is 15.5 Å². The zero-order valence-corrected chi connectivity index (χ0v) is 19.5. The fraction of sp³-hybridized carbons (Fsp3) is 0.409. The number of alkyl halides is 3. The first-order valence-electron chi connectivity index (χ1n) is 9.65. The number of carbonyl (C=O) groups is 1. The molecule has 182 valence electrons. The van der Waals surface area contributed by atoms with E-state index >= 15 is 0 Å². The summed E-state index contributed by atoms with van der Waals surface area (Å²) in [5.74, 6) is -1.83. The van der Waals surface area contributed by atoms with Crippen molar-refractivity contribution in [1.82, 2.24) is 0 Å². The quantitative estimate of drug-likeness (QED) is 0.347. The molecule has 0 atom stereocenters. The summed E-state index contributed by atoms with van der Waals surface area (Å²) in [6.07, 6.45) is -3.51. The number of nitrogens with two attached hydrogens (primary N) is 1. The van der Waals surface area contributed by atoms with Gasteiger partial charge in [0.15, 0.2) is 0 Å². The van der Waals surface area contributed by atoms with Crippen LogP contribution >= 0.6 is 11.6 Å². The summed E-state index contributed by atoms with van der Waals surface area (Å²) >= 11 is 5.72. The van der Waals surface area contributed by atoms with E-state index in [2.05, 4.69) is 34.6 Å². The zero-order chi connectivity index (χ0) is 25.8. The summed E-state index contributed by atoms with van der Waals surface area (Å²) in [5.41, 5.74) is 3.92. The maximum Gasteiger partial charge on any atom is 0.416 e. The first kappa shape index (κ1) is 28.2. The molecule has 0 aliphatic rings. The summed E-state index contributed by atoms with van der Waals surface area (Å²) in [6.45, 7) is 10.8. The monoisotopic (exact) mass is 490 g/mol. The van der Waals surface area contributed by atoms with Crippen molar-refractivity contribution in [2.24, 2.45) is 11.1 Å². The highest BCUT2D eigenvalue weighted by atomic mass is 35.5. The van der Waals surface area contributed by atoms with Gasteiger partial charge in [0.1, 0.15) is 17.1 Å². The number of benzene rings is 2. The average molecular weight is 491 g/mol. The van der Waals surface area contributed by atoms with Gasteiger partial charge in [-0.3, -0.25) is 10.1 Å². The highest BCUT2D eigenvalue weighted by Crippen LogP contribution is 2.37. The van der Waals surface area contributed by atoms with Gasteiger partial charge in [-0.25, -0.2) is 4.79 Å². The standard InChI is InChI=1S/C14H7ClF3NO5.C8H19N/c15-10-5-7(14(16,17)18)1-4-12(10)24-8-2-3-11(19(22)23)9(6-8)13(20)21;1-7(2,3)6-8(4,5)9/h1-6H,(H,20,21);6,9H2,1-5H3. The number of nitro groups is 1. The molecule has 0 spiro atoms. The summed E-state index contributed by atoms with van der Waals surface area (Å²) in [6, 6.07) is 5.27. The molecule has 0 unspecified atom stereocenters. The van der Waals surface area contributed by atoms with Gasteiger partial charge < -0.3 is 15.6 Å². The molecule has 0 saturated heterocycles. The number of hydrogen-bond acceptors (Lipinski definition) is 5. The molecule has 0 radical (unpaired) electrons. The number of ether oxygens (including phenoxy) is 1. The smallest absolute Gasteiger partial charge is 0.416 e. The Morgan fingerprint density at radius 2 is 1.70 bits per heavy atom. The lowest BCUT2D eigenvalue weighted by atomic mass is 9.82. The number of nitrogens with zero attached hydrogens (tertiary/aromatic N) is 1. The van der Waals surface area contributed by atoms with E-state index in [-0.39, 0.29) is 22.1 Å². The number of carboxylic acid groups (broad SMARTS) is 1. The largest absolute Gasteiger partial charge is 0.477 e. The molecule has 11 heteroatoms. The Morgan fingerprint density at radius 3 is 2.06 bits per heavy atom. The third kappa shape index (κ3) is 9.67. The predicted molar refractivity (Wildman–Crippen MR) is 119 cm³/mol. The number of hydrogen-bond donors (Lipinski definition) is 2. The van der Waals surface area contributed by atoms with Gasteiger partial charge in [-0.05, 0) is 49.9 Å². The first-order chi connectivity index (χ1) is 14.8. The highest BCUT2D eigenvalue weighted by molar-refractivity contribution is 6.32. The molecule has 2 aromatic carbocycles. The maximum atomic E-state index is 12.6. The molecule has 3 N–H and O–H groups in total. The Bertz CT molecular complexity index is 1000. The van der Waals surface area contributed by atoms with Crippen LogP contribution in [0.3, 0.4) is 0 Å². The van der Waals surface area contributed by atoms with Crippen LogP contribution in [0.1, 0.15) is 57.0 Å². The van der Waals surface area contributed by atoms with Crippen molar-refractivity contribution >= 4 is 23.3 Å². The van der Waals surface area contributed by atoms with Gasteiger partial charge in [-0.15, -0.1) is 0 Å². The van der Waals surface area contributed by atoms with E-state index in [9.17, 15) is 28.1 Å². The molecular weight excluding hydrogens is 465 g/mol. The van der Waals surface area contributed by atoms with E-state index in [1.165, 1.54) is 0 Å². The normalized spacial score (nSPS) is 11.9. The Kier molecular flexibility index (Phi) is 8.87. The van der Waals surface area contributed by atoms with Crippen LogP contribution in [0, 0.1) is 15.5 Å². The number of rotatable bonds is 5. The molecule has 0 aromatic heterocycles. The Morgan fingerprint density at radius 1 is 1.12 bits per heavy atom.